The van der Waals surface area contributed by atoms with Crippen LogP contribution in [0, 0.1) is 11.8 Å². The summed E-state index contributed by atoms with van der Waals surface area (Å²) in [7, 11) is 0. The lowest BCUT2D eigenvalue weighted by atomic mass is 9.87. The number of rotatable bonds is 13. The molecule has 0 bridgehead atoms. The predicted octanol–water partition coefficient (Wildman–Crippen LogP) is 8.54. The van der Waals surface area contributed by atoms with Gasteiger partial charge in [-0.1, -0.05) is 44.7 Å². The zero-order chi connectivity index (χ0) is 30.2. The van der Waals surface area contributed by atoms with Crippen molar-refractivity contribution in [2.45, 2.75) is 96.0 Å². The third kappa shape index (κ3) is 9.26. The average Bonchev–Trinajstić information content (AvgIpc) is 2.90. The smallest absolute Gasteiger partial charge is 0.420 e. The first-order valence-electron chi connectivity index (χ1n) is 14.2. The molecule has 2 N–H and O–H groups in total. The minimum absolute atomic E-state index is 0.0115. The Morgan fingerprint density at radius 3 is 2.24 bits per heavy atom. The number of carboxylic acids is 1. The quantitative estimate of drug-likeness (QED) is 0.181. The molecule has 0 saturated heterocycles. The molecular formula is C30H37F6NO4. The Morgan fingerprint density at radius 1 is 0.951 bits per heavy atom. The van der Waals surface area contributed by atoms with Crippen molar-refractivity contribution < 1.29 is 45.8 Å². The van der Waals surface area contributed by atoms with E-state index in [4.69, 9.17) is 4.74 Å². The number of carbonyl (C=O) groups excluding carboxylic acids is 1. The summed E-state index contributed by atoms with van der Waals surface area (Å²) in [6.07, 6.45) is -5.07. The molecule has 0 heterocycles. The van der Waals surface area contributed by atoms with E-state index < -0.39 is 47.6 Å². The van der Waals surface area contributed by atoms with Gasteiger partial charge in [0.1, 0.15) is 11.3 Å². The van der Waals surface area contributed by atoms with Gasteiger partial charge in [-0.05, 0) is 73.9 Å². The first kappa shape index (κ1) is 32.5. The molecule has 41 heavy (non-hydrogen) atoms. The van der Waals surface area contributed by atoms with E-state index in [1.807, 2.05) is 6.92 Å². The Bertz CT molecular complexity index is 1170. The van der Waals surface area contributed by atoms with Crippen LogP contribution in [0.25, 0.3) is 10.8 Å². The first-order valence-corrected chi connectivity index (χ1v) is 14.2. The summed E-state index contributed by atoms with van der Waals surface area (Å²) in [4.78, 5) is 24.0. The number of aliphatic carboxylic acids is 1. The molecule has 228 valence electrons. The number of benzene rings is 2. The molecule has 0 radical (unpaired) electrons. The van der Waals surface area contributed by atoms with Gasteiger partial charge in [0, 0.05) is 12.1 Å². The van der Waals surface area contributed by atoms with E-state index in [0.717, 1.165) is 31.7 Å². The number of hydrogen-bond donors (Lipinski definition) is 2. The van der Waals surface area contributed by atoms with Crippen molar-refractivity contribution in [1.29, 1.82) is 0 Å². The van der Waals surface area contributed by atoms with Gasteiger partial charge in [0.2, 0.25) is 0 Å². The van der Waals surface area contributed by atoms with E-state index in [-0.39, 0.29) is 47.9 Å². The van der Waals surface area contributed by atoms with Crippen LogP contribution in [0.1, 0.15) is 93.5 Å². The lowest BCUT2D eigenvalue weighted by molar-refractivity contribution is -0.185. The lowest BCUT2D eigenvalue weighted by Gasteiger charge is -2.31. The van der Waals surface area contributed by atoms with Gasteiger partial charge in [0.15, 0.2) is 0 Å². The van der Waals surface area contributed by atoms with E-state index in [1.54, 1.807) is 0 Å². The molecule has 1 atom stereocenters. The molecule has 1 aliphatic carbocycles. The summed E-state index contributed by atoms with van der Waals surface area (Å²) >= 11 is 0. The highest BCUT2D eigenvalue weighted by Crippen LogP contribution is 2.44. The number of alkyl halides is 6. The molecule has 5 nitrogen and oxygen atoms in total. The minimum Gasteiger partial charge on any atom is -0.490 e. The number of nitrogens with one attached hydrogen (secondary N) is 1. The summed E-state index contributed by atoms with van der Waals surface area (Å²) in [6.45, 7) is 2.36. The van der Waals surface area contributed by atoms with Crippen LogP contribution in [-0.4, -0.2) is 35.8 Å². The molecule has 2 aromatic carbocycles. The van der Waals surface area contributed by atoms with Crippen molar-refractivity contribution in [3.05, 3.63) is 41.5 Å². The predicted molar refractivity (Wildman–Crippen MR) is 143 cm³/mol. The fourth-order valence-corrected chi connectivity index (χ4v) is 5.37. The van der Waals surface area contributed by atoms with Gasteiger partial charge in [-0.25, -0.2) is 0 Å². The fraction of sp³-hybridized carbons (Fsp3) is 0.600. The van der Waals surface area contributed by atoms with Gasteiger partial charge in [-0.3, -0.25) is 9.59 Å². The largest absolute Gasteiger partial charge is 0.490 e. The van der Waals surface area contributed by atoms with Crippen LogP contribution in [0.3, 0.4) is 0 Å². The molecule has 0 aromatic heterocycles. The molecule has 2 aromatic rings. The second kappa shape index (κ2) is 14.3. The van der Waals surface area contributed by atoms with Gasteiger partial charge in [-0.2, -0.15) is 26.3 Å². The Hall–Kier alpha value is -2.98. The van der Waals surface area contributed by atoms with Crippen molar-refractivity contribution in [3.8, 4) is 5.75 Å². The molecule has 1 amide bonds. The topological polar surface area (TPSA) is 75.6 Å². The molecule has 11 heteroatoms. The van der Waals surface area contributed by atoms with Gasteiger partial charge in [0.25, 0.3) is 5.91 Å². The highest BCUT2D eigenvalue weighted by molar-refractivity contribution is 5.99. The molecule has 1 saturated carbocycles. The molecule has 0 aliphatic heterocycles. The summed E-state index contributed by atoms with van der Waals surface area (Å²) in [5.74, 6) is -3.49. The zero-order valence-corrected chi connectivity index (χ0v) is 23.0. The van der Waals surface area contributed by atoms with Crippen LogP contribution in [0.15, 0.2) is 30.3 Å². The van der Waals surface area contributed by atoms with Crippen LogP contribution < -0.4 is 10.1 Å². The molecule has 1 fully saturated rings. The summed E-state index contributed by atoms with van der Waals surface area (Å²) < 4.78 is 86.7. The summed E-state index contributed by atoms with van der Waals surface area (Å²) in [6, 6.07) is 6.45. The first-order chi connectivity index (χ1) is 19.3. The van der Waals surface area contributed by atoms with Gasteiger partial charge < -0.3 is 15.2 Å². The van der Waals surface area contributed by atoms with Gasteiger partial charge in [-0.15, -0.1) is 0 Å². The maximum Gasteiger partial charge on any atom is 0.420 e. The number of unbranched alkanes of at least 4 members (excludes halogenated alkanes) is 3. The van der Waals surface area contributed by atoms with E-state index in [9.17, 15) is 41.0 Å². The van der Waals surface area contributed by atoms with Crippen LogP contribution in [0.4, 0.5) is 26.3 Å². The number of amides is 1. The number of ether oxygens (including phenoxy) is 1. The van der Waals surface area contributed by atoms with Crippen molar-refractivity contribution in [3.63, 3.8) is 0 Å². The Balaban J connectivity index is 1.60. The van der Waals surface area contributed by atoms with Crippen LogP contribution in [0.5, 0.6) is 5.75 Å². The zero-order valence-electron chi connectivity index (χ0n) is 23.0. The second-order valence-corrected chi connectivity index (χ2v) is 10.8. The second-order valence-electron chi connectivity index (χ2n) is 10.8. The number of carbonyl (C=O) groups is 2. The Kier molecular flexibility index (Phi) is 11.3. The maximum atomic E-state index is 14.1. The third-order valence-electron chi connectivity index (χ3n) is 7.73. The SMILES string of the molecule is CCCCC(CCCCCNC(=O)c1ccc2c(C(F)(F)F)c(OC3CCC(C(F)(F)F)CC3)ccc2c1)C(=O)O. The summed E-state index contributed by atoms with van der Waals surface area (Å²) in [5, 5.41) is 12.1. The monoisotopic (exact) mass is 589 g/mol. The van der Waals surface area contributed by atoms with Gasteiger partial charge >= 0.3 is 18.3 Å². The van der Waals surface area contributed by atoms with Crippen molar-refractivity contribution >= 4 is 22.6 Å². The lowest BCUT2D eigenvalue weighted by Crippen LogP contribution is -2.32. The normalized spacial score (nSPS) is 18.7. The highest BCUT2D eigenvalue weighted by Gasteiger charge is 2.42. The van der Waals surface area contributed by atoms with Crippen LogP contribution >= 0.6 is 0 Å². The van der Waals surface area contributed by atoms with E-state index in [0.29, 0.717) is 25.8 Å². The Labute approximate surface area is 235 Å². The average molecular weight is 590 g/mol. The molecule has 3 rings (SSSR count). The number of halogens is 6. The summed E-state index contributed by atoms with van der Waals surface area (Å²) in [5.41, 5.74) is -0.825. The Morgan fingerprint density at radius 2 is 1.63 bits per heavy atom. The van der Waals surface area contributed by atoms with E-state index in [1.165, 1.54) is 24.3 Å². The molecule has 0 spiro atoms. The molecule has 1 aliphatic rings. The fourth-order valence-electron chi connectivity index (χ4n) is 5.37. The van der Waals surface area contributed by atoms with Crippen molar-refractivity contribution in [2.75, 3.05) is 6.54 Å². The number of fused-ring (bicyclic) bond motifs is 1. The van der Waals surface area contributed by atoms with Crippen LogP contribution in [-0.2, 0) is 11.0 Å². The molecular weight excluding hydrogens is 552 g/mol. The minimum atomic E-state index is -4.78. The highest BCUT2D eigenvalue weighted by atomic mass is 19.4. The standard InChI is InChI=1S/C30H37F6NO4/c1-2-3-7-19(28(39)40)8-5-4-6-17-37-27(38)21-9-15-24-20(18-21)10-16-25(26(24)30(34,35)36)41-23-13-11-22(12-14-23)29(31,32)33/h9-10,15-16,18-19,22-23H,2-8,11-14,17H2,1H3,(H,37,38)(H,39,40). The van der Waals surface area contributed by atoms with E-state index in [2.05, 4.69) is 5.32 Å². The van der Waals surface area contributed by atoms with Crippen LogP contribution in [0.2, 0.25) is 0 Å². The van der Waals surface area contributed by atoms with Gasteiger partial charge in [0.05, 0.1) is 17.9 Å². The molecule has 1 unspecified atom stereocenters. The van der Waals surface area contributed by atoms with E-state index >= 15 is 0 Å². The number of hydrogen-bond acceptors (Lipinski definition) is 3. The van der Waals surface area contributed by atoms with Crippen molar-refractivity contribution in [2.24, 2.45) is 11.8 Å². The van der Waals surface area contributed by atoms with Crippen molar-refractivity contribution in [1.82, 2.24) is 5.32 Å². The number of carboxylic acid groups (broad SMARTS) is 1. The maximum absolute atomic E-state index is 14.1. The third-order valence-corrected chi connectivity index (χ3v) is 7.73.